The molecule has 0 atom stereocenters. The van der Waals surface area contributed by atoms with Crippen molar-refractivity contribution in [3.05, 3.63) is 22.8 Å². The van der Waals surface area contributed by atoms with E-state index in [2.05, 4.69) is 17.2 Å². The fourth-order valence-corrected chi connectivity index (χ4v) is 2.50. The van der Waals surface area contributed by atoms with Gasteiger partial charge < -0.3 is 10.2 Å². The third kappa shape index (κ3) is 4.10. The fourth-order valence-electron chi connectivity index (χ4n) is 2.33. The smallest absolute Gasteiger partial charge is 0.222 e. The average Bonchev–Trinajstić information content (AvgIpc) is 2.65. The van der Waals surface area contributed by atoms with Crippen LogP contribution in [-0.2, 0) is 11.3 Å². The Hall–Kier alpha value is -1.29. The van der Waals surface area contributed by atoms with Crippen LogP contribution >= 0.6 is 11.6 Å². The summed E-state index contributed by atoms with van der Waals surface area (Å²) in [7, 11) is 0. The fraction of sp³-hybridized carbons (Fsp3) is 0.600. The van der Waals surface area contributed by atoms with Gasteiger partial charge in [-0.15, -0.1) is 0 Å². The molecule has 1 N–H and O–H groups in total. The van der Waals surface area contributed by atoms with Gasteiger partial charge in [-0.2, -0.15) is 0 Å². The second-order valence-electron chi connectivity index (χ2n) is 5.18. The molecule has 1 saturated heterocycles. The molecule has 1 aromatic rings. The molecule has 0 aromatic carbocycles. The number of aromatic nitrogens is 1. The number of nitrogens with zero attached hydrogens (tertiary/aromatic N) is 2. The predicted molar refractivity (Wildman–Crippen MR) is 81.9 cm³/mol. The molecular weight excluding hydrogens is 274 g/mol. The first-order valence-electron chi connectivity index (χ1n) is 7.37. The van der Waals surface area contributed by atoms with Crippen molar-refractivity contribution < 1.29 is 4.79 Å². The Balaban J connectivity index is 2.08. The summed E-state index contributed by atoms with van der Waals surface area (Å²) in [4.78, 5) is 18.4. The van der Waals surface area contributed by atoms with Gasteiger partial charge in [-0.25, -0.2) is 4.98 Å². The van der Waals surface area contributed by atoms with Gasteiger partial charge in [-0.1, -0.05) is 24.9 Å². The maximum Gasteiger partial charge on any atom is 0.222 e. The van der Waals surface area contributed by atoms with E-state index in [9.17, 15) is 4.79 Å². The number of hydrogen-bond donors (Lipinski definition) is 1. The van der Waals surface area contributed by atoms with Crippen molar-refractivity contribution >= 4 is 23.3 Å². The van der Waals surface area contributed by atoms with Gasteiger partial charge in [0.1, 0.15) is 5.82 Å². The minimum atomic E-state index is 0.215. The van der Waals surface area contributed by atoms with Gasteiger partial charge in [0.05, 0.1) is 17.3 Å². The van der Waals surface area contributed by atoms with Gasteiger partial charge in [0.2, 0.25) is 5.91 Å². The lowest BCUT2D eigenvalue weighted by Gasteiger charge is -2.21. The Kier molecular flexibility index (Phi) is 5.65. The van der Waals surface area contributed by atoms with Gasteiger partial charge in [0, 0.05) is 19.5 Å². The summed E-state index contributed by atoms with van der Waals surface area (Å²) >= 11 is 6.21. The summed E-state index contributed by atoms with van der Waals surface area (Å²) in [5.74, 6) is 1.04. The van der Waals surface area contributed by atoms with Gasteiger partial charge in [0.25, 0.3) is 0 Å². The van der Waals surface area contributed by atoms with Crippen LogP contribution in [0.1, 0.15) is 44.7 Å². The standard InChI is InChI=1S/C15H22ClN3O/c1-2-9-17-14-8-7-12(16)13(18-14)11-19-10-5-3-4-6-15(19)20/h7-8H,2-6,9-11H2,1H3,(H,17,18). The maximum absolute atomic E-state index is 12.0. The van der Waals surface area contributed by atoms with Crippen molar-refractivity contribution in [1.82, 2.24) is 9.88 Å². The molecule has 4 nitrogen and oxygen atoms in total. The molecule has 0 aliphatic carbocycles. The zero-order valence-corrected chi connectivity index (χ0v) is 12.7. The quantitative estimate of drug-likeness (QED) is 0.905. The average molecular weight is 296 g/mol. The van der Waals surface area contributed by atoms with Crippen LogP contribution < -0.4 is 5.32 Å². The molecule has 1 fully saturated rings. The molecule has 1 amide bonds. The SMILES string of the molecule is CCCNc1ccc(Cl)c(CN2CCCCCC2=O)n1. The number of hydrogen-bond acceptors (Lipinski definition) is 3. The van der Waals surface area contributed by atoms with Crippen molar-refractivity contribution in [2.75, 3.05) is 18.4 Å². The Labute approximate surface area is 125 Å². The third-order valence-electron chi connectivity index (χ3n) is 3.49. The molecule has 1 aromatic heterocycles. The van der Waals surface area contributed by atoms with Gasteiger partial charge in [-0.05, 0) is 31.4 Å². The summed E-state index contributed by atoms with van der Waals surface area (Å²) in [5.41, 5.74) is 0.781. The number of amides is 1. The second-order valence-corrected chi connectivity index (χ2v) is 5.58. The number of rotatable bonds is 5. The number of likely N-dealkylation sites (tertiary alicyclic amines) is 1. The first-order valence-corrected chi connectivity index (χ1v) is 7.75. The molecule has 0 bridgehead atoms. The van der Waals surface area contributed by atoms with Crippen molar-refractivity contribution in [1.29, 1.82) is 0 Å². The molecule has 0 saturated carbocycles. The number of carbonyl (C=O) groups excluding carboxylic acids is 1. The Morgan fingerprint density at radius 2 is 2.20 bits per heavy atom. The van der Waals surface area contributed by atoms with Gasteiger partial charge >= 0.3 is 0 Å². The molecule has 0 spiro atoms. The number of pyridine rings is 1. The maximum atomic E-state index is 12.0. The lowest BCUT2D eigenvalue weighted by atomic mass is 10.2. The number of nitrogens with one attached hydrogen (secondary N) is 1. The molecule has 110 valence electrons. The zero-order chi connectivity index (χ0) is 14.4. The summed E-state index contributed by atoms with van der Waals surface area (Å²) in [6, 6.07) is 3.73. The van der Waals surface area contributed by atoms with Crippen LogP contribution in [0.3, 0.4) is 0 Å². The Morgan fingerprint density at radius 1 is 1.35 bits per heavy atom. The second kappa shape index (κ2) is 7.48. The van der Waals surface area contributed by atoms with E-state index in [0.717, 1.165) is 50.3 Å². The van der Waals surface area contributed by atoms with E-state index in [-0.39, 0.29) is 5.91 Å². The molecule has 5 heteroatoms. The summed E-state index contributed by atoms with van der Waals surface area (Å²) in [5, 5.41) is 3.88. The van der Waals surface area contributed by atoms with Gasteiger partial charge in [0.15, 0.2) is 0 Å². The molecule has 2 rings (SSSR count). The summed E-state index contributed by atoms with van der Waals surface area (Å²) in [6.45, 7) is 4.32. The highest BCUT2D eigenvalue weighted by Crippen LogP contribution is 2.20. The normalized spacial score (nSPS) is 16.1. The third-order valence-corrected chi connectivity index (χ3v) is 3.83. The molecule has 20 heavy (non-hydrogen) atoms. The molecule has 2 heterocycles. The highest BCUT2D eigenvalue weighted by atomic mass is 35.5. The largest absolute Gasteiger partial charge is 0.370 e. The molecule has 0 unspecified atom stereocenters. The molecule has 0 radical (unpaired) electrons. The summed E-state index contributed by atoms with van der Waals surface area (Å²) in [6.07, 6.45) is 4.88. The Bertz CT molecular complexity index is 464. The van der Waals surface area contributed by atoms with E-state index in [4.69, 9.17) is 11.6 Å². The highest BCUT2D eigenvalue weighted by molar-refractivity contribution is 6.31. The van der Waals surface area contributed by atoms with Crippen LogP contribution in [0.2, 0.25) is 5.02 Å². The van der Waals surface area contributed by atoms with E-state index in [1.165, 1.54) is 0 Å². The van der Waals surface area contributed by atoms with Crippen LogP contribution in [0.15, 0.2) is 12.1 Å². The highest BCUT2D eigenvalue weighted by Gasteiger charge is 2.18. The number of carbonyl (C=O) groups is 1. The first-order chi connectivity index (χ1) is 9.70. The van der Waals surface area contributed by atoms with Crippen molar-refractivity contribution in [2.45, 2.75) is 45.6 Å². The number of halogens is 1. The predicted octanol–water partition coefficient (Wildman–Crippen LogP) is 3.46. The Morgan fingerprint density at radius 3 is 3.00 bits per heavy atom. The van der Waals surface area contributed by atoms with E-state index in [1.807, 2.05) is 17.0 Å². The van der Waals surface area contributed by atoms with Crippen LogP contribution in [0.25, 0.3) is 0 Å². The van der Waals surface area contributed by atoms with Gasteiger partial charge in [-0.3, -0.25) is 4.79 Å². The minimum absolute atomic E-state index is 0.215. The minimum Gasteiger partial charge on any atom is -0.370 e. The lowest BCUT2D eigenvalue weighted by molar-refractivity contribution is -0.131. The van der Waals surface area contributed by atoms with Crippen molar-refractivity contribution in [2.24, 2.45) is 0 Å². The lowest BCUT2D eigenvalue weighted by Crippen LogP contribution is -2.30. The van der Waals surface area contributed by atoms with Crippen molar-refractivity contribution in [3.8, 4) is 0 Å². The molecule has 1 aliphatic heterocycles. The van der Waals surface area contributed by atoms with E-state index >= 15 is 0 Å². The van der Waals surface area contributed by atoms with Crippen molar-refractivity contribution in [3.63, 3.8) is 0 Å². The van der Waals surface area contributed by atoms with E-state index < -0.39 is 0 Å². The van der Waals surface area contributed by atoms with E-state index in [1.54, 1.807) is 0 Å². The summed E-state index contributed by atoms with van der Waals surface area (Å²) < 4.78 is 0. The zero-order valence-electron chi connectivity index (χ0n) is 12.0. The van der Waals surface area contributed by atoms with E-state index in [0.29, 0.717) is 18.0 Å². The van der Waals surface area contributed by atoms with Crippen LogP contribution in [-0.4, -0.2) is 28.9 Å². The molecule has 1 aliphatic rings. The monoisotopic (exact) mass is 295 g/mol. The number of anilines is 1. The molecular formula is C15H22ClN3O. The topological polar surface area (TPSA) is 45.2 Å². The van der Waals surface area contributed by atoms with Crippen LogP contribution in [0.5, 0.6) is 0 Å². The first kappa shape index (κ1) is 15.1. The van der Waals surface area contributed by atoms with Crippen LogP contribution in [0, 0.1) is 0 Å². The van der Waals surface area contributed by atoms with Crippen LogP contribution in [0.4, 0.5) is 5.82 Å².